The number of fused-ring (bicyclic) bond motifs is 3. The van der Waals surface area contributed by atoms with Crippen LogP contribution >= 0.6 is 0 Å². The first-order valence-corrected chi connectivity index (χ1v) is 6.77. The Kier molecular flexibility index (Phi) is 2.74. The second-order valence-electron chi connectivity index (χ2n) is 5.74. The Labute approximate surface area is 109 Å². The van der Waals surface area contributed by atoms with E-state index in [9.17, 15) is 0 Å². The molecule has 1 fully saturated rings. The Morgan fingerprint density at radius 1 is 1.11 bits per heavy atom. The van der Waals surface area contributed by atoms with Crippen LogP contribution in [0.2, 0.25) is 0 Å². The number of benzene rings is 1. The van der Waals surface area contributed by atoms with Gasteiger partial charge in [-0.05, 0) is 17.7 Å². The van der Waals surface area contributed by atoms with E-state index in [0.717, 1.165) is 17.9 Å². The summed E-state index contributed by atoms with van der Waals surface area (Å²) < 4.78 is 12.1. The smallest absolute Gasteiger partial charge is 0.161 e. The summed E-state index contributed by atoms with van der Waals surface area (Å²) in [6, 6.07) is 5.05. The van der Waals surface area contributed by atoms with Gasteiger partial charge >= 0.3 is 0 Å². The maximum Gasteiger partial charge on any atom is 0.161 e. The van der Waals surface area contributed by atoms with E-state index in [1.807, 2.05) is 0 Å². The summed E-state index contributed by atoms with van der Waals surface area (Å²) in [6.45, 7) is 2.58. The van der Waals surface area contributed by atoms with Gasteiger partial charge in [0.05, 0.1) is 34.4 Å². The Balaban J connectivity index is 2.09. The summed E-state index contributed by atoms with van der Waals surface area (Å²) in [4.78, 5) is 0. The van der Waals surface area contributed by atoms with Gasteiger partial charge in [0.15, 0.2) is 11.5 Å². The molecule has 0 aliphatic carbocycles. The molecular weight excluding hydrogens is 226 g/mol. The Morgan fingerprint density at radius 2 is 1.83 bits per heavy atom. The monoisotopic (exact) mass is 248 g/mol. The molecule has 0 radical (unpaired) electrons. The molecular formula is C15H22NO2+. The summed E-state index contributed by atoms with van der Waals surface area (Å²) in [6.07, 6.45) is 3.80. The molecule has 0 amide bonds. The highest BCUT2D eigenvalue weighted by molar-refractivity contribution is 5.49. The zero-order valence-corrected chi connectivity index (χ0v) is 11.5. The molecule has 0 bridgehead atoms. The summed E-state index contributed by atoms with van der Waals surface area (Å²) in [5, 5.41) is 0. The highest BCUT2D eigenvalue weighted by atomic mass is 16.5. The van der Waals surface area contributed by atoms with Crippen molar-refractivity contribution in [1.29, 1.82) is 0 Å². The van der Waals surface area contributed by atoms with Crippen molar-refractivity contribution in [3.05, 3.63) is 23.3 Å². The summed E-state index contributed by atoms with van der Waals surface area (Å²) in [7, 11) is 5.83. The zero-order chi connectivity index (χ0) is 12.8. The quantitative estimate of drug-likeness (QED) is 0.749. The van der Waals surface area contributed by atoms with Crippen molar-refractivity contribution in [2.45, 2.75) is 25.3 Å². The van der Waals surface area contributed by atoms with Gasteiger partial charge in [0, 0.05) is 24.8 Å². The van der Waals surface area contributed by atoms with Gasteiger partial charge in [-0.2, -0.15) is 0 Å². The lowest BCUT2D eigenvalue weighted by Crippen LogP contribution is -2.47. The Bertz CT molecular complexity index is 472. The van der Waals surface area contributed by atoms with Gasteiger partial charge in [0.1, 0.15) is 6.04 Å². The van der Waals surface area contributed by atoms with Gasteiger partial charge in [0.2, 0.25) is 0 Å². The lowest BCUT2D eigenvalue weighted by atomic mass is 9.90. The molecule has 0 N–H and O–H groups in total. The maximum atomic E-state index is 5.45. The summed E-state index contributed by atoms with van der Waals surface area (Å²) in [5.74, 6) is 1.74. The second-order valence-corrected chi connectivity index (χ2v) is 5.74. The highest BCUT2D eigenvalue weighted by Crippen LogP contribution is 2.45. The second kappa shape index (κ2) is 4.16. The maximum absolute atomic E-state index is 5.45. The molecule has 1 aromatic rings. The van der Waals surface area contributed by atoms with E-state index in [1.54, 1.807) is 14.2 Å². The molecule has 2 aliphatic rings. The van der Waals surface area contributed by atoms with E-state index in [1.165, 1.54) is 41.5 Å². The average molecular weight is 248 g/mol. The number of quaternary nitrogens is 1. The van der Waals surface area contributed by atoms with Crippen LogP contribution in [0, 0.1) is 0 Å². The first-order chi connectivity index (χ1) is 8.68. The van der Waals surface area contributed by atoms with Gasteiger partial charge in [-0.25, -0.2) is 0 Å². The van der Waals surface area contributed by atoms with Crippen LogP contribution < -0.4 is 9.47 Å². The number of likely N-dealkylation sites (N-methyl/N-ethyl adjacent to an activating group) is 1. The predicted octanol–water partition coefficient (Wildman–Crippen LogP) is 2.54. The standard InChI is InChI=1S/C15H22NO2/c1-16-7-4-5-13(16)12-10-15(18-3)14(17-2)9-11(12)6-8-16/h9-10,13H,4-8H2,1-3H3/q+1/t13-,16?/m1/s1. The van der Waals surface area contributed by atoms with E-state index >= 15 is 0 Å². The zero-order valence-electron chi connectivity index (χ0n) is 11.5. The van der Waals surface area contributed by atoms with E-state index in [4.69, 9.17) is 9.47 Å². The molecule has 3 rings (SSSR count). The minimum absolute atomic E-state index is 0.661. The minimum atomic E-state index is 0.661. The average Bonchev–Trinajstić information content (AvgIpc) is 2.79. The molecule has 2 atom stereocenters. The van der Waals surface area contributed by atoms with Crippen molar-refractivity contribution in [2.24, 2.45) is 0 Å². The van der Waals surface area contributed by atoms with Gasteiger partial charge < -0.3 is 14.0 Å². The lowest BCUT2D eigenvalue weighted by molar-refractivity contribution is -0.928. The van der Waals surface area contributed by atoms with Crippen molar-refractivity contribution in [3.63, 3.8) is 0 Å². The predicted molar refractivity (Wildman–Crippen MR) is 71.1 cm³/mol. The van der Waals surface area contributed by atoms with Crippen molar-refractivity contribution < 1.29 is 14.0 Å². The molecule has 2 heterocycles. The Hall–Kier alpha value is -1.22. The van der Waals surface area contributed by atoms with Crippen LogP contribution in [0.5, 0.6) is 11.5 Å². The van der Waals surface area contributed by atoms with Gasteiger partial charge in [0.25, 0.3) is 0 Å². The van der Waals surface area contributed by atoms with Crippen LogP contribution in [0.25, 0.3) is 0 Å². The van der Waals surface area contributed by atoms with Gasteiger partial charge in [-0.1, -0.05) is 0 Å². The lowest BCUT2D eigenvalue weighted by Gasteiger charge is -2.41. The number of nitrogens with zero attached hydrogens (tertiary/aromatic N) is 1. The molecule has 0 saturated carbocycles. The van der Waals surface area contributed by atoms with E-state index < -0.39 is 0 Å². The van der Waals surface area contributed by atoms with Crippen LogP contribution in [-0.2, 0) is 6.42 Å². The largest absolute Gasteiger partial charge is 0.493 e. The van der Waals surface area contributed by atoms with E-state index in [0.29, 0.717) is 6.04 Å². The molecule has 1 aromatic carbocycles. The van der Waals surface area contributed by atoms with E-state index in [-0.39, 0.29) is 0 Å². The third kappa shape index (κ3) is 1.61. The first kappa shape index (κ1) is 11.8. The molecule has 2 aliphatic heterocycles. The van der Waals surface area contributed by atoms with Crippen LogP contribution in [0.1, 0.15) is 30.0 Å². The SMILES string of the molecule is COc1cc2c(cc1OC)[C@H]1CCC[N+]1(C)CC2. The number of rotatable bonds is 2. The number of methoxy groups -OCH3 is 2. The van der Waals surface area contributed by atoms with Crippen LogP contribution in [0.4, 0.5) is 0 Å². The van der Waals surface area contributed by atoms with Crippen LogP contribution in [-0.4, -0.2) is 38.8 Å². The Morgan fingerprint density at radius 3 is 2.56 bits per heavy atom. The molecule has 1 saturated heterocycles. The van der Waals surface area contributed by atoms with Crippen molar-refractivity contribution >= 4 is 0 Å². The van der Waals surface area contributed by atoms with Crippen LogP contribution in [0.15, 0.2) is 12.1 Å². The molecule has 98 valence electrons. The van der Waals surface area contributed by atoms with Crippen LogP contribution in [0.3, 0.4) is 0 Å². The number of hydrogen-bond acceptors (Lipinski definition) is 2. The molecule has 1 unspecified atom stereocenters. The minimum Gasteiger partial charge on any atom is -0.493 e. The third-order valence-corrected chi connectivity index (χ3v) is 4.80. The number of hydrogen-bond donors (Lipinski definition) is 0. The van der Waals surface area contributed by atoms with Crippen molar-refractivity contribution in [3.8, 4) is 11.5 Å². The van der Waals surface area contributed by atoms with E-state index in [2.05, 4.69) is 19.2 Å². The van der Waals surface area contributed by atoms with Gasteiger partial charge in [-0.3, -0.25) is 0 Å². The third-order valence-electron chi connectivity index (χ3n) is 4.80. The fourth-order valence-electron chi connectivity index (χ4n) is 3.71. The molecule has 3 nitrogen and oxygen atoms in total. The fourth-order valence-corrected chi connectivity index (χ4v) is 3.71. The van der Waals surface area contributed by atoms with Gasteiger partial charge in [-0.15, -0.1) is 0 Å². The highest BCUT2D eigenvalue weighted by Gasteiger charge is 2.43. The molecule has 0 aromatic heterocycles. The first-order valence-electron chi connectivity index (χ1n) is 6.77. The molecule has 18 heavy (non-hydrogen) atoms. The molecule has 3 heteroatoms. The summed E-state index contributed by atoms with van der Waals surface area (Å²) in [5.41, 5.74) is 2.94. The fraction of sp³-hybridized carbons (Fsp3) is 0.600. The molecule has 0 spiro atoms. The topological polar surface area (TPSA) is 18.5 Å². The summed E-state index contributed by atoms with van der Waals surface area (Å²) >= 11 is 0. The van der Waals surface area contributed by atoms with Crippen molar-refractivity contribution in [1.82, 2.24) is 0 Å². The normalized spacial score (nSPS) is 29.6. The van der Waals surface area contributed by atoms with Crippen molar-refractivity contribution in [2.75, 3.05) is 34.4 Å². The number of ether oxygens (including phenoxy) is 2.